The molecule has 0 bridgehead atoms. The molecule has 0 saturated heterocycles. The summed E-state index contributed by atoms with van der Waals surface area (Å²) in [4.78, 5) is 14.9. The molecule has 2 heterocycles. The van der Waals surface area contributed by atoms with Gasteiger partial charge in [-0.1, -0.05) is 19.8 Å². The topological polar surface area (TPSA) is 67.1 Å². The number of aliphatic hydroxyl groups excluding tert-OH is 1. The van der Waals surface area contributed by atoms with Crippen molar-refractivity contribution >= 4 is 17.0 Å². The number of rotatable bonds is 3. The van der Waals surface area contributed by atoms with E-state index in [0.29, 0.717) is 5.65 Å². The second kappa shape index (κ2) is 5.60. The van der Waals surface area contributed by atoms with Crippen molar-refractivity contribution < 1.29 is 5.11 Å². The lowest BCUT2D eigenvalue weighted by atomic mass is 9.82. The Morgan fingerprint density at radius 1 is 1.19 bits per heavy atom. The Bertz CT molecular complexity index is 616. The van der Waals surface area contributed by atoms with Crippen molar-refractivity contribution in [3.05, 3.63) is 12.7 Å². The summed E-state index contributed by atoms with van der Waals surface area (Å²) >= 11 is 0. The summed E-state index contributed by atoms with van der Waals surface area (Å²) in [5, 5.41) is 10.7. The van der Waals surface area contributed by atoms with Crippen LogP contribution < -0.4 is 4.90 Å². The van der Waals surface area contributed by atoms with Crippen LogP contribution in [0.25, 0.3) is 11.2 Å². The van der Waals surface area contributed by atoms with E-state index in [0.717, 1.165) is 30.1 Å². The molecule has 1 aliphatic rings. The predicted octanol–water partition coefficient (Wildman–Crippen LogP) is 2.21. The van der Waals surface area contributed by atoms with E-state index in [1.54, 1.807) is 10.9 Å². The Hall–Kier alpha value is -1.69. The van der Waals surface area contributed by atoms with Gasteiger partial charge >= 0.3 is 0 Å². The minimum atomic E-state index is -0.549. The summed E-state index contributed by atoms with van der Waals surface area (Å²) in [5.41, 5.74) is 1.45. The quantitative estimate of drug-likeness (QED) is 0.938. The summed E-state index contributed by atoms with van der Waals surface area (Å²) < 4.78 is 1.80. The van der Waals surface area contributed by atoms with Crippen molar-refractivity contribution in [1.82, 2.24) is 19.5 Å². The molecule has 2 aromatic rings. The van der Waals surface area contributed by atoms with Gasteiger partial charge in [0.1, 0.15) is 12.6 Å². The number of aliphatic hydroxyl groups is 1. The molecule has 0 amide bonds. The fraction of sp³-hybridized carbons (Fsp3) is 0.667. The maximum absolute atomic E-state index is 10.7. The van der Waals surface area contributed by atoms with E-state index in [1.165, 1.54) is 19.2 Å². The van der Waals surface area contributed by atoms with Gasteiger partial charge in [0.05, 0.1) is 6.33 Å². The number of nitrogens with zero attached hydrogens (tertiary/aromatic N) is 5. The van der Waals surface area contributed by atoms with Gasteiger partial charge in [0, 0.05) is 20.0 Å². The third-order valence-corrected chi connectivity index (χ3v) is 4.53. The predicted molar refractivity (Wildman–Crippen MR) is 82.0 cm³/mol. The maximum atomic E-state index is 10.7. The molecular weight excluding hydrogens is 266 g/mol. The Kier molecular flexibility index (Phi) is 3.80. The van der Waals surface area contributed by atoms with E-state index < -0.39 is 6.23 Å². The van der Waals surface area contributed by atoms with Gasteiger partial charge in [-0.05, 0) is 18.8 Å². The van der Waals surface area contributed by atoms with Crippen molar-refractivity contribution in [2.75, 3.05) is 19.0 Å². The summed E-state index contributed by atoms with van der Waals surface area (Å²) in [7, 11) is 3.86. The highest BCUT2D eigenvalue weighted by atomic mass is 16.3. The third-order valence-electron chi connectivity index (χ3n) is 4.53. The lowest BCUT2D eigenvalue weighted by molar-refractivity contribution is 0.0201. The first-order valence-electron chi connectivity index (χ1n) is 7.61. The zero-order chi connectivity index (χ0) is 15.0. The molecule has 0 aliphatic heterocycles. The third kappa shape index (κ3) is 2.60. The Balaban J connectivity index is 1.92. The van der Waals surface area contributed by atoms with E-state index in [2.05, 4.69) is 21.9 Å². The minimum absolute atomic E-state index is 0.288. The van der Waals surface area contributed by atoms with E-state index in [4.69, 9.17) is 0 Å². The average Bonchev–Trinajstić information content (AvgIpc) is 2.90. The Morgan fingerprint density at radius 3 is 2.57 bits per heavy atom. The highest BCUT2D eigenvalue weighted by Gasteiger charge is 2.27. The molecule has 0 spiro atoms. The fourth-order valence-corrected chi connectivity index (χ4v) is 3.17. The molecule has 6 nitrogen and oxygen atoms in total. The highest BCUT2D eigenvalue weighted by Crippen LogP contribution is 2.35. The van der Waals surface area contributed by atoms with Gasteiger partial charge in [0.25, 0.3) is 0 Å². The first-order valence-corrected chi connectivity index (χ1v) is 7.61. The maximum Gasteiger partial charge on any atom is 0.167 e. The van der Waals surface area contributed by atoms with Crippen molar-refractivity contribution in [3.8, 4) is 0 Å². The van der Waals surface area contributed by atoms with Gasteiger partial charge in [-0.3, -0.25) is 4.57 Å². The molecular formula is C15H23N5O. The average molecular weight is 289 g/mol. The molecule has 1 N–H and O–H groups in total. The molecule has 3 rings (SSSR count). The normalized spacial score (nSPS) is 24.2. The van der Waals surface area contributed by atoms with Crippen LogP contribution >= 0.6 is 0 Å². The zero-order valence-corrected chi connectivity index (χ0v) is 12.9. The second-order valence-electron chi connectivity index (χ2n) is 6.35. The van der Waals surface area contributed by atoms with Crippen molar-refractivity contribution in [1.29, 1.82) is 0 Å². The minimum Gasteiger partial charge on any atom is -0.373 e. The summed E-state index contributed by atoms with van der Waals surface area (Å²) in [6, 6.07) is 0. The standard InChI is InChI=1S/C15H23N5O/c1-10-4-6-11(7-5-10)15(21)20-9-18-12-13(19(2)3)16-8-17-14(12)20/h8-11,15,21H,4-7H2,1-3H3. The van der Waals surface area contributed by atoms with E-state index >= 15 is 0 Å². The van der Waals surface area contributed by atoms with Crippen LogP contribution in [0.2, 0.25) is 0 Å². The number of fused-ring (bicyclic) bond motifs is 1. The van der Waals surface area contributed by atoms with Crippen LogP contribution in [-0.2, 0) is 0 Å². The molecule has 6 heteroatoms. The van der Waals surface area contributed by atoms with Gasteiger partial charge in [0.2, 0.25) is 0 Å². The van der Waals surface area contributed by atoms with Crippen LogP contribution in [0.5, 0.6) is 0 Å². The van der Waals surface area contributed by atoms with Gasteiger partial charge < -0.3 is 10.0 Å². The molecule has 0 aromatic carbocycles. The van der Waals surface area contributed by atoms with Gasteiger partial charge in [0.15, 0.2) is 17.0 Å². The van der Waals surface area contributed by atoms with E-state index in [1.807, 2.05) is 19.0 Å². The number of imidazole rings is 1. The highest BCUT2D eigenvalue weighted by molar-refractivity contribution is 5.83. The SMILES string of the molecule is CC1CCC(C(O)n2cnc3c(N(C)C)ncnc32)CC1. The lowest BCUT2D eigenvalue weighted by Gasteiger charge is -2.30. The van der Waals surface area contributed by atoms with Crippen LogP contribution in [-0.4, -0.2) is 38.7 Å². The van der Waals surface area contributed by atoms with Crippen molar-refractivity contribution in [3.63, 3.8) is 0 Å². The largest absolute Gasteiger partial charge is 0.373 e. The fourth-order valence-electron chi connectivity index (χ4n) is 3.17. The van der Waals surface area contributed by atoms with Crippen LogP contribution in [0.3, 0.4) is 0 Å². The smallest absolute Gasteiger partial charge is 0.167 e. The molecule has 1 saturated carbocycles. The molecule has 1 atom stereocenters. The molecule has 1 unspecified atom stereocenters. The molecule has 1 fully saturated rings. The number of anilines is 1. The summed E-state index contributed by atoms with van der Waals surface area (Å²) in [6.07, 6.45) is 7.17. The Morgan fingerprint density at radius 2 is 1.90 bits per heavy atom. The summed E-state index contributed by atoms with van der Waals surface area (Å²) in [6.45, 7) is 2.28. The van der Waals surface area contributed by atoms with Gasteiger partial charge in [-0.2, -0.15) is 0 Å². The molecule has 0 radical (unpaired) electrons. The monoisotopic (exact) mass is 289 g/mol. The van der Waals surface area contributed by atoms with Crippen molar-refractivity contribution in [2.24, 2.45) is 11.8 Å². The number of aromatic nitrogens is 4. The van der Waals surface area contributed by atoms with Crippen LogP contribution in [0, 0.1) is 11.8 Å². The van der Waals surface area contributed by atoms with Crippen LogP contribution in [0.15, 0.2) is 12.7 Å². The first kappa shape index (κ1) is 14.3. The van der Waals surface area contributed by atoms with Gasteiger partial charge in [-0.25, -0.2) is 15.0 Å². The second-order valence-corrected chi connectivity index (χ2v) is 6.35. The van der Waals surface area contributed by atoms with Crippen LogP contribution in [0.1, 0.15) is 38.8 Å². The van der Waals surface area contributed by atoms with Crippen molar-refractivity contribution in [2.45, 2.75) is 38.8 Å². The Labute approximate surface area is 124 Å². The van der Waals surface area contributed by atoms with Crippen LogP contribution in [0.4, 0.5) is 5.82 Å². The van der Waals surface area contributed by atoms with E-state index in [-0.39, 0.29) is 5.92 Å². The molecule has 21 heavy (non-hydrogen) atoms. The first-order chi connectivity index (χ1) is 10.1. The van der Waals surface area contributed by atoms with Gasteiger partial charge in [-0.15, -0.1) is 0 Å². The number of hydrogen-bond donors (Lipinski definition) is 1. The van der Waals surface area contributed by atoms with E-state index in [9.17, 15) is 5.11 Å². The number of hydrogen-bond acceptors (Lipinski definition) is 5. The molecule has 2 aromatic heterocycles. The molecule has 114 valence electrons. The molecule has 1 aliphatic carbocycles. The lowest BCUT2D eigenvalue weighted by Crippen LogP contribution is -2.23. The summed E-state index contributed by atoms with van der Waals surface area (Å²) in [5.74, 6) is 1.84. The zero-order valence-electron chi connectivity index (χ0n) is 12.9.